The first-order valence-electron chi connectivity index (χ1n) is 3.06. The zero-order valence-corrected chi connectivity index (χ0v) is 14.6. The molecule has 12 nitrogen and oxygen atoms in total. The van der Waals surface area contributed by atoms with Crippen LogP contribution in [0.4, 0.5) is 0 Å². The molecular formula is C3H3O12P3Rh2. The van der Waals surface area contributed by atoms with Crippen LogP contribution in [0.2, 0.25) is 0 Å². The summed E-state index contributed by atoms with van der Waals surface area (Å²) in [4.78, 5) is 82.1. The van der Waals surface area contributed by atoms with Crippen molar-refractivity contribution in [1.82, 2.24) is 0 Å². The number of hydrogen-bond donors (Lipinski definition) is 0. The Balaban J connectivity index is -0.0000000536. The predicted molar refractivity (Wildman–Crippen MR) is 42.2 cm³/mol. The van der Waals surface area contributed by atoms with E-state index in [2.05, 4.69) is 13.6 Å². The Labute approximate surface area is 141 Å². The SMILES string of the molecule is O=COP([O-])[O-].O=COP([O-])[O-].O=COP([O-])[O-].[Rh+3].[Rh+3]. The second kappa shape index (κ2) is 28.0. The molecule has 17 heteroatoms. The third-order valence-corrected chi connectivity index (χ3v) is 1.16. The Hall–Kier alpha value is 0.707. The second-order valence-electron chi connectivity index (χ2n) is 1.28. The van der Waals surface area contributed by atoms with Crippen molar-refractivity contribution in [2.75, 3.05) is 0 Å². The molecule has 0 fully saturated rings. The number of carbonyl (C=O) groups excluding carboxylic acids is 3. The van der Waals surface area contributed by atoms with Crippen LogP contribution < -0.4 is 29.4 Å². The zero-order chi connectivity index (χ0) is 15.0. The molecule has 0 heterocycles. The van der Waals surface area contributed by atoms with Gasteiger partial charge in [-0.2, -0.15) is 0 Å². The largest absolute Gasteiger partial charge is 3.00 e. The van der Waals surface area contributed by atoms with E-state index in [9.17, 15) is 29.4 Å². The van der Waals surface area contributed by atoms with E-state index in [4.69, 9.17) is 14.4 Å². The van der Waals surface area contributed by atoms with E-state index < -0.39 is 25.8 Å². The summed E-state index contributed by atoms with van der Waals surface area (Å²) in [5.74, 6) is 0. The van der Waals surface area contributed by atoms with Gasteiger partial charge in [0.25, 0.3) is 19.4 Å². The van der Waals surface area contributed by atoms with Crippen LogP contribution in [0.5, 0.6) is 0 Å². The summed E-state index contributed by atoms with van der Waals surface area (Å²) >= 11 is 0. The minimum atomic E-state index is -2.97. The van der Waals surface area contributed by atoms with E-state index in [0.717, 1.165) is 0 Å². The Morgan fingerprint density at radius 1 is 0.550 bits per heavy atom. The first-order chi connectivity index (χ1) is 8.31. The molecule has 0 atom stereocenters. The molecule has 0 aliphatic heterocycles. The van der Waals surface area contributed by atoms with Crippen molar-refractivity contribution >= 4 is 45.2 Å². The van der Waals surface area contributed by atoms with Crippen molar-refractivity contribution in [3.8, 4) is 0 Å². The molecule has 0 radical (unpaired) electrons. The van der Waals surface area contributed by atoms with Gasteiger partial charge in [0, 0.05) is 0 Å². The van der Waals surface area contributed by atoms with Gasteiger partial charge in [-0.1, -0.05) is 25.8 Å². The van der Waals surface area contributed by atoms with Crippen molar-refractivity contribution < 1.29 is 96.3 Å². The van der Waals surface area contributed by atoms with Gasteiger partial charge >= 0.3 is 39.0 Å². The molecule has 0 aliphatic rings. The Morgan fingerprint density at radius 2 is 0.700 bits per heavy atom. The van der Waals surface area contributed by atoms with Crippen LogP contribution in [-0.4, -0.2) is 19.4 Å². The van der Waals surface area contributed by atoms with Gasteiger partial charge in [0.1, 0.15) is 0 Å². The number of rotatable bonds is 6. The van der Waals surface area contributed by atoms with Gasteiger partial charge in [-0.25, -0.2) is 0 Å². The van der Waals surface area contributed by atoms with Gasteiger partial charge in [0.15, 0.2) is 0 Å². The zero-order valence-electron chi connectivity index (χ0n) is 8.64. The van der Waals surface area contributed by atoms with Gasteiger partial charge in [0.05, 0.1) is 0 Å². The summed E-state index contributed by atoms with van der Waals surface area (Å²) in [7, 11) is -8.91. The van der Waals surface area contributed by atoms with Crippen molar-refractivity contribution in [2.24, 2.45) is 0 Å². The summed E-state index contributed by atoms with van der Waals surface area (Å²) in [6, 6.07) is 0. The minimum absolute atomic E-state index is 0. The van der Waals surface area contributed by atoms with Gasteiger partial charge in [-0.05, 0) is 0 Å². The monoisotopic (exact) mass is 530 g/mol. The molecular weight excluding hydrogens is 527 g/mol. The van der Waals surface area contributed by atoms with E-state index in [0.29, 0.717) is 0 Å². The Kier molecular flexibility index (Phi) is 45.6. The van der Waals surface area contributed by atoms with Crippen LogP contribution in [-0.2, 0) is 66.9 Å². The van der Waals surface area contributed by atoms with Crippen molar-refractivity contribution in [2.45, 2.75) is 0 Å². The Morgan fingerprint density at radius 3 is 0.700 bits per heavy atom. The topological polar surface area (TPSA) is 217 Å². The molecule has 0 rings (SSSR count). The average molecular weight is 530 g/mol. The van der Waals surface area contributed by atoms with Crippen LogP contribution in [0.1, 0.15) is 0 Å². The minimum Gasteiger partial charge on any atom is -0.810 e. The molecule has 0 aromatic carbocycles. The number of hydrogen-bond acceptors (Lipinski definition) is 12. The van der Waals surface area contributed by atoms with Crippen LogP contribution in [0.15, 0.2) is 0 Å². The fourth-order valence-electron chi connectivity index (χ4n) is 0.105. The van der Waals surface area contributed by atoms with Crippen LogP contribution in [0, 0.1) is 0 Å². The molecule has 0 bridgehead atoms. The molecule has 0 aromatic rings. The molecule has 0 spiro atoms. The molecule has 20 heavy (non-hydrogen) atoms. The fraction of sp³-hybridized carbons (Fsp3) is 0. The maximum Gasteiger partial charge on any atom is 3.00 e. The van der Waals surface area contributed by atoms with E-state index in [1.165, 1.54) is 0 Å². The normalized spacial score (nSPS) is 7.65. The van der Waals surface area contributed by atoms with E-state index in [1.54, 1.807) is 0 Å². The summed E-state index contributed by atoms with van der Waals surface area (Å²) in [5.41, 5.74) is 0. The molecule has 120 valence electrons. The molecule has 0 unspecified atom stereocenters. The summed E-state index contributed by atoms with van der Waals surface area (Å²) in [6.07, 6.45) is 0. The van der Waals surface area contributed by atoms with Crippen LogP contribution in [0.25, 0.3) is 0 Å². The quantitative estimate of drug-likeness (QED) is 0.178. The second-order valence-corrected chi connectivity index (χ2v) is 3.25. The third kappa shape index (κ3) is 62.2. The number of carbonyl (C=O) groups is 3. The molecule has 0 amide bonds. The molecule has 0 N–H and O–H groups in total. The maximum absolute atomic E-state index is 9.18. The smallest absolute Gasteiger partial charge is 0.810 e. The van der Waals surface area contributed by atoms with Gasteiger partial charge in [-0.15, -0.1) is 0 Å². The first kappa shape index (κ1) is 32.6. The summed E-state index contributed by atoms with van der Waals surface area (Å²) < 4.78 is 9.94. The maximum atomic E-state index is 9.18. The molecule has 0 aromatic heterocycles. The van der Waals surface area contributed by atoms with Crippen molar-refractivity contribution in [1.29, 1.82) is 0 Å². The van der Waals surface area contributed by atoms with Gasteiger partial charge in [0.2, 0.25) is 0 Å². The predicted octanol–water partition coefficient (Wildman–Crippen LogP) is -5.68. The fourth-order valence-corrected chi connectivity index (χ4v) is 0.316. The van der Waals surface area contributed by atoms with Crippen LogP contribution >= 0.6 is 25.8 Å². The van der Waals surface area contributed by atoms with E-state index in [-0.39, 0.29) is 58.4 Å². The third-order valence-electron chi connectivity index (χ3n) is 0.387. The standard InChI is InChI=1S/3CHO4P.2Rh/c3*2-1-5-6(3)4;;/h3*1H;;/q3*-2;2*+3. The molecule has 0 saturated carbocycles. The summed E-state index contributed by atoms with van der Waals surface area (Å²) in [5, 5.41) is 0. The molecule has 0 aliphatic carbocycles. The van der Waals surface area contributed by atoms with Gasteiger partial charge in [-0.3, -0.25) is 14.4 Å². The van der Waals surface area contributed by atoms with Gasteiger partial charge < -0.3 is 42.9 Å². The Bertz CT molecular complexity index is 171. The summed E-state index contributed by atoms with van der Waals surface area (Å²) in [6.45, 7) is -0.441. The van der Waals surface area contributed by atoms with Crippen molar-refractivity contribution in [3.05, 3.63) is 0 Å². The molecule has 0 saturated heterocycles. The van der Waals surface area contributed by atoms with Crippen LogP contribution in [0.3, 0.4) is 0 Å². The van der Waals surface area contributed by atoms with E-state index >= 15 is 0 Å². The average Bonchev–Trinajstić information content (AvgIpc) is 2.18. The van der Waals surface area contributed by atoms with Crippen molar-refractivity contribution in [3.63, 3.8) is 0 Å². The van der Waals surface area contributed by atoms with E-state index in [1.807, 2.05) is 0 Å². The first-order valence-corrected chi connectivity index (χ1v) is 6.34.